The van der Waals surface area contributed by atoms with Crippen LogP contribution in [0.25, 0.3) is 0 Å². The van der Waals surface area contributed by atoms with Crippen molar-refractivity contribution in [2.45, 2.75) is 0 Å². The number of benzene rings is 2. The van der Waals surface area contributed by atoms with E-state index >= 15 is 0 Å². The summed E-state index contributed by atoms with van der Waals surface area (Å²) in [6.07, 6.45) is 0. The number of carbonyl (C=O) groups is 1. The van der Waals surface area contributed by atoms with Gasteiger partial charge in [0.25, 0.3) is 0 Å². The topological polar surface area (TPSA) is 109 Å². The number of aliphatic hydroxyl groups excluding tert-OH is 2. The monoisotopic (exact) mass is 351 g/mol. The van der Waals surface area contributed by atoms with Gasteiger partial charge in [-0.25, -0.2) is 0 Å². The van der Waals surface area contributed by atoms with Crippen molar-refractivity contribution in [3.05, 3.63) is 54.1 Å². The summed E-state index contributed by atoms with van der Waals surface area (Å²) < 4.78 is 0. The first-order chi connectivity index (χ1) is 11.6. The second kappa shape index (κ2) is 11.0. The Labute approximate surface area is 167 Å². The zero-order chi connectivity index (χ0) is 17.4. The average molecular weight is 351 g/mol. The van der Waals surface area contributed by atoms with E-state index in [1.807, 2.05) is 17.0 Å². The van der Waals surface area contributed by atoms with Crippen LogP contribution in [0, 0.1) is 0 Å². The molecular weight excluding hydrogens is 333 g/mol. The molecule has 0 bridgehead atoms. The molecule has 0 amide bonds. The molecule has 8 heteroatoms. The molecule has 2 aromatic rings. The van der Waals surface area contributed by atoms with E-state index < -0.39 is 5.97 Å². The first-order valence-electron chi connectivity index (χ1n) is 7.44. The van der Waals surface area contributed by atoms with Crippen LogP contribution >= 0.6 is 0 Å². The standard InChI is InChI=1S/C17H19N3O4.Na/c21-11-9-20(10-12-22)16-7-5-15(6-8-16)19-18-14-3-1-13(2-4-14)17(23)24;/h1-8,21-22H,9-12H2,(H,23,24);/q;+1/p-1. The molecule has 0 saturated heterocycles. The zero-order valence-corrected chi connectivity index (χ0v) is 16.0. The molecule has 2 N–H and O–H groups in total. The first-order valence-corrected chi connectivity index (χ1v) is 7.44. The van der Waals surface area contributed by atoms with Crippen molar-refractivity contribution in [2.24, 2.45) is 10.2 Å². The maximum absolute atomic E-state index is 10.7. The Morgan fingerprint density at radius 3 is 1.72 bits per heavy atom. The number of carboxylic acids is 1. The second-order valence-corrected chi connectivity index (χ2v) is 4.98. The second-order valence-electron chi connectivity index (χ2n) is 4.98. The predicted molar refractivity (Wildman–Crippen MR) is 87.8 cm³/mol. The fourth-order valence-corrected chi connectivity index (χ4v) is 2.12. The van der Waals surface area contributed by atoms with Gasteiger partial charge in [0, 0.05) is 18.8 Å². The molecule has 0 radical (unpaired) electrons. The van der Waals surface area contributed by atoms with E-state index in [9.17, 15) is 9.90 Å². The van der Waals surface area contributed by atoms with E-state index in [4.69, 9.17) is 10.2 Å². The molecule has 0 aliphatic rings. The molecule has 2 aromatic carbocycles. The van der Waals surface area contributed by atoms with Crippen molar-refractivity contribution in [3.63, 3.8) is 0 Å². The summed E-state index contributed by atoms with van der Waals surface area (Å²) in [5, 5.41) is 36.9. The van der Waals surface area contributed by atoms with Crippen LogP contribution in [-0.2, 0) is 0 Å². The number of azo groups is 1. The molecule has 25 heavy (non-hydrogen) atoms. The van der Waals surface area contributed by atoms with Gasteiger partial charge in [-0.2, -0.15) is 10.2 Å². The normalized spacial score (nSPS) is 10.5. The fourth-order valence-electron chi connectivity index (χ4n) is 2.12. The Morgan fingerprint density at radius 1 is 0.880 bits per heavy atom. The summed E-state index contributed by atoms with van der Waals surface area (Å²) >= 11 is 0. The fraction of sp³-hybridized carbons (Fsp3) is 0.235. The summed E-state index contributed by atoms with van der Waals surface area (Å²) in [5.41, 5.74) is 2.13. The number of rotatable bonds is 8. The maximum atomic E-state index is 10.7. The number of carboxylic acid groups (broad SMARTS) is 1. The molecular formula is C17H18N3NaO4. The largest absolute Gasteiger partial charge is 1.00 e. The number of aliphatic hydroxyl groups is 2. The molecule has 0 aliphatic heterocycles. The SMILES string of the molecule is O=C([O-])c1ccc(N=Nc2ccc(N(CCO)CCO)cc2)cc1.[Na+]. The van der Waals surface area contributed by atoms with E-state index in [-0.39, 0.29) is 48.3 Å². The van der Waals surface area contributed by atoms with Crippen LogP contribution in [0.4, 0.5) is 17.1 Å². The predicted octanol–water partition coefficient (Wildman–Crippen LogP) is -1.74. The minimum Gasteiger partial charge on any atom is -0.545 e. The molecule has 2 rings (SSSR count). The number of nitrogens with zero attached hydrogens (tertiary/aromatic N) is 3. The maximum Gasteiger partial charge on any atom is 1.00 e. The number of hydrogen-bond donors (Lipinski definition) is 2. The molecule has 0 aliphatic carbocycles. The minimum atomic E-state index is -1.23. The molecule has 0 atom stereocenters. The smallest absolute Gasteiger partial charge is 0.545 e. The molecule has 7 nitrogen and oxygen atoms in total. The third kappa shape index (κ3) is 6.56. The zero-order valence-electron chi connectivity index (χ0n) is 14.0. The van der Waals surface area contributed by atoms with E-state index in [2.05, 4.69) is 10.2 Å². The molecule has 0 aromatic heterocycles. The van der Waals surface area contributed by atoms with Crippen molar-refractivity contribution in [3.8, 4) is 0 Å². The van der Waals surface area contributed by atoms with Crippen LogP contribution in [0.15, 0.2) is 58.8 Å². The van der Waals surface area contributed by atoms with E-state index in [1.54, 1.807) is 24.3 Å². The average Bonchev–Trinajstić information content (AvgIpc) is 2.60. The van der Waals surface area contributed by atoms with Gasteiger partial charge in [-0.15, -0.1) is 0 Å². The van der Waals surface area contributed by atoms with Gasteiger partial charge in [0.05, 0.1) is 30.6 Å². The number of aromatic carboxylic acids is 1. The van der Waals surface area contributed by atoms with Crippen molar-refractivity contribution in [2.75, 3.05) is 31.2 Å². The van der Waals surface area contributed by atoms with Gasteiger partial charge in [0.1, 0.15) is 0 Å². The van der Waals surface area contributed by atoms with Crippen LogP contribution in [-0.4, -0.2) is 42.5 Å². The first kappa shape index (κ1) is 21.3. The number of carbonyl (C=O) groups excluding carboxylic acids is 1. The van der Waals surface area contributed by atoms with Crippen molar-refractivity contribution >= 4 is 23.0 Å². The van der Waals surface area contributed by atoms with Crippen molar-refractivity contribution < 1.29 is 49.7 Å². The van der Waals surface area contributed by atoms with Crippen LogP contribution in [0.3, 0.4) is 0 Å². The van der Waals surface area contributed by atoms with Gasteiger partial charge in [-0.05, 0) is 42.0 Å². The summed E-state index contributed by atoms with van der Waals surface area (Å²) in [6, 6.07) is 13.1. The Balaban J connectivity index is 0.00000312. The Hall–Kier alpha value is -1.77. The Bertz CT molecular complexity index is 684. The van der Waals surface area contributed by atoms with Crippen LogP contribution in [0.5, 0.6) is 0 Å². The van der Waals surface area contributed by atoms with Crippen LogP contribution in [0.2, 0.25) is 0 Å². The van der Waals surface area contributed by atoms with E-state index in [0.717, 1.165) is 5.69 Å². The van der Waals surface area contributed by atoms with Gasteiger partial charge in [0.2, 0.25) is 0 Å². The van der Waals surface area contributed by atoms with Crippen LogP contribution in [0.1, 0.15) is 10.4 Å². The Morgan fingerprint density at radius 2 is 1.32 bits per heavy atom. The minimum absolute atomic E-state index is 0. The summed E-state index contributed by atoms with van der Waals surface area (Å²) in [5.74, 6) is -1.23. The molecule has 0 heterocycles. The molecule has 0 fully saturated rings. The number of anilines is 1. The molecule has 0 spiro atoms. The Kier molecular flexibility index (Phi) is 9.33. The van der Waals surface area contributed by atoms with E-state index in [1.165, 1.54) is 12.1 Å². The van der Waals surface area contributed by atoms with E-state index in [0.29, 0.717) is 24.5 Å². The van der Waals surface area contributed by atoms with Gasteiger partial charge < -0.3 is 25.0 Å². The summed E-state index contributed by atoms with van der Waals surface area (Å²) in [6.45, 7) is 0.880. The van der Waals surface area contributed by atoms with Gasteiger partial charge in [-0.3, -0.25) is 0 Å². The van der Waals surface area contributed by atoms with Crippen molar-refractivity contribution in [1.29, 1.82) is 0 Å². The van der Waals surface area contributed by atoms with Gasteiger partial charge >= 0.3 is 29.6 Å². The third-order valence-corrected chi connectivity index (χ3v) is 3.34. The van der Waals surface area contributed by atoms with Crippen molar-refractivity contribution in [1.82, 2.24) is 0 Å². The molecule has 0 saturated carbocycles. The van der Waals surface area contributed by atoms with Crippen LogP contribution < -0.4 is 39.6 Å². The van der Waals surface area contributed by atoms with Gasteiger partial charge in [0.15, 0.2) is 0 Å². The number of hydrogen-bond acceptors (Lipinski definition) is 7. The summed E-state index contributed by atoms with van der Waals surface area (Å²) in [4.78, 5) is 12.5. The molecule has 0 unspecified atom stereocenters. The molecule has 126 valence electrons. The van der Waals surface area contributed by atoms with Gasteiger partial charge in [-0.1, -0.05) is 12.1 Å². The summed E-state index contributed by atoms with van der Waals surface area (Å²) in [7, 11) is 0. The quantitative estimate of drug-likeness (QED) is 0.434. The third-order valence-electron chi connectivity index (χ3n) is 3.34.